The first-order valence-corrected chi connectivity index (χ1v) is 13.0. The predicted octanol–water partition coefficient (Wildman–Crippen LogP) is 8.96. The molecule has 5 aromatic rings. The number of hydrogen-bond acceptors (Lipinski definition) is 5. The van der Waals surface area contributed by atoms with Gasteiger partial charge in [-0.15, -0.1) is 11.3 Å². The normalized spacial score (nSPS) is 11.0. The van der Waals surface area contributed by atoms with Crippen molar-refractivity contribution in [1.82, 2.24) is 10.3 Å². The van der Waals surface area contributed by atoms with Crippen LogP contribution in [0.5, 0.6) is 0 Å². The molecule has 0 saturated carbocycles. The van der Waals surface area contributed by atoms with E-state index < -0.39 is 5.91 Å². The van der Waals surface area contributed by atoms with E-state index in [0.717, 1.165) is 15.2 Å². The molecule has 0 spiro atoms. The Hall–Kier alpha value is -2.65. The number of rotatable bonds is 4. The zero-order valence-corrected chi connectivity index (χ0v) is 22.6. The quantitative estimate of drug-likeness (QED) is 0.204. The van der Waals surface area contributed by atoms with Crippen molar-refractivity contribution in [2.24, 2.45) is 0 Å². The third kappa shape index (κ3) is 5.22. The molecule has 2 aromatic heterocycles. The summed E-state index contributed by atoms with van der Waals surface area (Å²) in [5.74, 6) is -0.0697. The topological polar surface area (TPSA) is 67.2 Å². The molecule has 3 aromatic carbocycles. The van der Waals surface area contributed by atoms with Crippen LogP contribution in [0.3, 0.4) is 0 Å². The van der Waals surface area contributed by atoms with Crippen LogP contribution in [0.25, 0.3) is 32.1 Å². The number of furan rings is 1. The standard InChI is InChI=1S/C25H13Cl4N3O2S2/c26-12-5-6-13(15(27)9-12)20-7-8-21(34-20)23(33)32-25(35)31-19-10-14(16(28)11-17(19)29)24-30-18-3-1-2-4-22(18)36-24/h1-11H,(H2,31,32,33,35). The number of para-hydroxylation sites is 1. The molecular weight excluding hydrogens is 580 g/mol. The van der Waals surface area contributed by atoms with Crippen LogP contribution < -0.4 is 10.6 Å². The molecule has 0 atom stereocenters. The highest BCUT2D eigenvalue weighted by atomic mass is 35.5. The number of thiocarbonyl (C=S) groups is 1. The van der Waals surface area contributed by atoms with Crippen molar-refractivity contribution in [3.05, 3.63) is 92.6 Å². The maximum absolute atomic E-state index is 12.7. The van der Waals surface area contributed by atoms with Crippen LogP contribution in [-0.4, -0.2) is 16.0 Å². The summed E-state index contributed by atoms with van der Waals surface area (Å²) in [6.07, 6.45) is 0. The van der Waals surface area contributed by atoms with Crippen molar-refractivity contribution in [2.45, 2.75) is 0 Å². The van der Waals surface area contributed by atoms with Crippen LogP contribution in [0, 0.1) is 0 Å². The van der Waals surface area contributed by atoms with E-state index in [1.165, 1.54) is 17.4 Å². The molecule has 0 radical (unpaired) electrons. The Bertz CT molecular complexity index is 1610. The Morgan fingerprint density at radius 3 is 2.44 bits per heavy atom. The third-order valence-corrected chi connectivity index (χ3v) is 7.53. The molecule has 2 heterocycles. The minimum Gasteiger partial charge on any atom is -0.451 e. The lowest BCUT2D eigenvalue weighted by molar-refractivity contribution is 0.0951. The van der Waals surface area contributed by atoms with Crippen LogP contribution in [0.15, 0.2) is 71.1 Å². The van der Waals surface area contributed by atoms with Crippen LogP contribution in [0.1, 0.15) is 10.6 Å². The highest BCUT2D eigenvalue weighted by molar-refractivity contribution is 7.80. The van der Waals surface area contributed by atoms with Gasteiger partial charge in [0.15, 0.2) is 10.9 Å². The van der Waals surface area contributed by atoms with Crippen molar-refractivity contribution >= 4 is 96.9 Å². The molecule has 11 heteroatoms. The third-order valence-electron chi connectivity index (χ3n) is 5.08. The molecule has 2 N–H and O–H groups in total. The van der Waals surface area contributed by atoms with Crippen molar-refractivity contribution in [1.29, 1.82) is 0 Å². The predicted molar refractivity (Wildman–Crippen MR) is 153 cm³/mol. The van der Waals surface area contributed by atoms with E-state index in [4.69, 9.17) is 63.0 Å². The molecule has 0 unspecified atom stereocenters. The summed E-state index contributed by atoms with van der Waals surface area (Å²) in [5.41, 5.74) is 2.64. The fraction of sp³-hybridized carbons (Fsp3) is 0. The van der Waals surface area contributed by atoms with E-state index in [2.05, 4.69) is 15.6 Å². The zero-order chi connectivity index (χ0) is 25.4. The molecule has 0 aliphatic carbocycles. The maximum atomic E-state index is 12.7. The molecule has 0 aliphatic heterocycles. The number of benzene rings is 3. The van der Waals surface area contributed by atoms with E-state index in [9.17, 15) is 4.79 Å². The molecule has 5 rings (SSSR count). The lowest BCUT2D eigenvalue weighted by Gasteiger charge is -2.12. The lowest BCUT2D eigenvalue weighted by Crippen LogP contribution is -2.34. The second-order valence-electron chi connectivity index (χ2n) is 7.49. The fourth-order valence-corrected chi connectivity index (χ4v) is 5.68. The van der Waals surface area contributed by atoms with Crippen LogP contribution >= 0.6 is 70.0 Å². The Balaban J connectivity index is 1.33. The van der Waals surface area contributed by atoms with Gasteiger partial charge in [0, 0.05) is 16.1 Å². The van der Waals surface area contributed by atoms with Gasteiger partial charge >= 0.3 is 0 Å². The molecule has 0 aliphatic rings. The summed E-state index contributed by atoms with van der Waals surface area (Å²) < 4.78 is 6.71. The summed E-state index contributed by atoms with van der Waals surface area (Å²) in [6, 6.07) is 19.3. The molecule has 5 nitrogen and oxygen atoms in total. The number of anilines is 1. The number of nitrogens with one attached hydrogen (secondary N) is 2. The number of carbonyl (C=O) groups is 1. The molecule has 1 amide bonds. The van der Waals surface area contributed by atoms with E-state index >= 15 is 0 Å². The number of fused-ring (bicyclic) bond motifs is 1. The Labute approximate surface area is 235 Å². The van der Waals surface area contributed by atoms with Gasteiger partial charge in [-0.25, -0.2) is 4.98 Å². The van der Waals surface area contributed by atoms with E-state index in [1.807, 2.05) is 24.3 Å². The molecule has 0 saturated heterocycles. The molecule has 180 valence electrons. The highest BCUT2D eigenvalue weighted by Crippen LogP contribution is 2.39. The number of aromatic nitrogens is 1. The zero-order valence-electron chi connectivity index (χ0n) is 17.9. The monoisotopic (exact) mass is 591 g/mol. The Morgan fingerprint density at radius 2 is 1.67 bits per heavy atom. The number of carbonyl (C=O) groups excluding carboxylic acids is 1. The molecule has 0 bridgehead atoms. The fourth-order valence-electron chi connectivity index (χ4n) is 3.41. The van der Waals surface area contributed by atoms with E-state index in [-0.39, 0.29) is 10.9 Å². The molecule has 36 heavy (non-hydrogen) atoms. The summed E-state index contributed by atoms with van der Waals surface area (Å²) in [7, 11) is 0. The minimum atomic E-state index is -0.541. The Morgan fingerprint density at radius 1 is 0.889 bits per heavy atom. The van der Waals surface area contributed by atoms with Gasteiger partial charge in [-0.3, -0.25) is 10.1 Å². The van der Waals surface area contributed by atoms with Gasteiger partial charge in [-0.05, 0) is 66.8 Å². The van der Waals surface area contributed by atoms with Gasteiger partial charge in [0.1, 0.15) is 10.8 Å². The highest BCUT2D eigenvalue weighted by Gasteiger charge is 2.18. The van der Waals surface area contributed by atoms with Crippen molar-refractivity contribution < 1.29 is 9.21 Å². The second-order valence-corrected chi connectivity index (χ2v) is 10.6. The van der Waals surface area contributed by atoms with Gasteiger partial charge in [-0.2, -0.15) is 0 Å². The number of thiazole rings is 1. The first-order valence-electron chi connectivity index (χ1n) is 10.3. The van der Waals surface area contributed by atoms with Gasteiger partial charge in [-0.1, -0.05) is 58.5 Å². The van der Waals surface area contributed by atoms with E-state index in [1.54, 1.807) is 36.4 Å². The number of nitrogens with zero attached hydrogens (tertiary/aromatic N) is 1. The molecule has 0 fully saturated rings. The average Bonchev–Trinajstić information content (AvgIpc) is 3.48. The molecular formula is C25H13Cl4N3O2S2. The summed E-state index contributed by atoms with van der Waals surface area (Å²) >= 11 is 31.9. The largest absolute Gasteiger partial charge is 0.451 e. The number of hydrogen-bond donors (Lipinski definition) is 2. The number of halogens is 4. The first kappa shape index (κ1) is 25.0. The smallest absolute Gasteiger partial charge is 0.293 e. The summed E-state index contributed by atoms with van der Waals surface area (Å²) in [5, 5.41) is 7.98. The van der Waals surface area contributed by atoms with Gasteiger partial charge in [0.2, 0.25) is 0 Å². The van der Waals surface area contributed by atoms with Crippen LogP contribution in [-0.2, 0) is 0 Å². The second kappa shape index (κ2) is 10.4. The van der Waals surface area contributed by atoms with Crippen molar-refractivity contribution in [3.63, 3.8) is 0 Å². The van der Waals surface area contributed by atoms with Crippen molar-refractivity contribution in [3.8, 4) is 21.9 Å². The Kier molecular flexibility index (Phi) is 7.21. The minimum absolute atomic E-state index is 0.0296. The lowest BCUT2D eigenvalue weighted by atomic mass is 10.2. The summed E-state index contributed by atoms with van der Waals surface area (Å²) in [6.45, 7) is 0. The maximum Gasteiger partial charge on any atom is 0.293 e. The van der Waals surface area contributed by atoms with E-state index in [0.29, 0.717) is 42.7 Å². The average molecular weight is 593 g/mol. The van der Waals surface area contributed by atoms with Crippen LogP contribution in [0.4, 0.5) is 5.69 Å². The SMILES string of the molecule is O=C(NC(=S)Nc1cc(-c2nc3ccccc3s2)c(Cl)cc1Cl)c1ccc(-c2ccc(Cl)cc2Cl)o1. The van der Waals surface area contributed by atoms with Gasteiger partial charge in [0.05, 0.1) is 31.0 Å². The van der Waals surface area contributed by atoms with Crippen molar-refractivity contribution in [2.75, 3.05) is 5.32 Å². The van der Waals surface area contributed by atoms with Crippen LogP contribution in [0.2, 0.25) is 20.1 Å². The summed E-state index contributed by atoms with van der Waals surface area (Å²) in [4.78, 5) is 17.4. The van der Waals surface area contributed by atoms with Gasteiger partial charge < -0.3 is 9.73 Å². The first-order chi connectivity index (χ1) is 17.3. The number of amides is 1. The van der Waals surface area contributed by atoms with Gasteiger partial charge in [0.25, 0.3) is 5.91 Å².